The lowest BCUT2D eigenvalue weighted by Gasteiger charge is -2.23. The second kappa shape index (κ2) is 10.6. The lowest BCUT2D eigenvalue weighted by molar-refractivity contribution is -0.121. The van der Waals surface area contributed by atoms with Crippen LogP contribution in [0.2, 0.25) is 0 Å². The normalized spacial score (nSPS) is 18.2. The van der Waals surface area contributed by atoms with Crippen LogP contribution in [-0.2, 0) is 11.2 Å². The Bertz CT molecular complexity index is 993. The maximum atomic E-state index is 12.4. The van der Waals surface area contributed by atoms with Crippen molar-refractivity contribution in [1.82, 2.24) is 25.9 Å². The van der Waals surface area contributed by atoms with E-state index >= 15 is 0 Å². The molecule has 2 heterocycles. The van der Waals surface area contributed by atoms with Crippen molar-refractivity contribution in [2.75, 3.05) is 13.1 Å². The van der Waals surface area contributed by atoms with Crippen molar-refractivity contribution < 1.29 is 4.79 Å². The van der Waals surface area contributed by atoms with Crippen molar-refractivity contribution in [3.8, 4) is 11.1 Å². The zero-order chi connectivity index (χ0) is 22.3. The molecule has 1 aliphatic heterocycles. The van der Waals surface area contributed by atoms with Gasteiger partial charge < -0.3 is 5.32 Å². The minimum Gasteiger partial charge on any atom is -0.316 e. The number of Topliss-reactive ketones (excluding diaryl/α,β-unsaturated/α-hetero) is 1. The van der Waals surface area contributed by atoms with Crippen LogP contribution in [0.5, 0.6) is 0 Å². The number of benzene rings is 2. The Balaban J connectivity index is 1.53. The highest BCUT2D eigenvalue weighted by Gasteiger charge is 2.29. The Morgan fingerprint density at radius 3 is 2.66 bits per heavy atom. The van der Waals surface area contributed by atoms with Crippen LogP contribution < -0.4 is 5.32 Å². The molecule has 1 aromatic heterocycles. The van der Waals surface area contributed by atoms with E-state index < -0.39 is 0 Å². The van der Waals surface area contributed by atoms with E-state index in [0.717, 1.165) is 32.4 Å². The van der Waals surface area contributed by atoms with Gasteiger partial charge in [-0.25, -0.2) is 0 Å². The highest BCUT2D eigenvalue weighted by molar-refractivity contribution is 5.79. The van der Waals surface area contributed by atoms with Gasteiger partial charge in [-0.2, -0.15) is 5.21 Å². The Morgan fingerprint density at radius 2 is 2.00 bits per heavy atom. The Morgan fingerprint density at radius 1 is 1.16 bits per heavy atom. The number of piperidine rings is 1. The number of H-pyrrole nitrogens is 1. The zero-order valence-corrected chi connectivity index (χ0v) is 19.1. The predicted octanol–water partition coefficient (Wildman–Crippen LogP) is 4.67. The van der Waals surface area contributed by atoms with Gasteiger partial charge in [-0.3, -0.25) is 4.79 Å². The molecule has 32 heavy (non-hydrogen) atoms. The van der Waals surface area contributed by atoms with E-state index in [1.165, 1.54) is 35.1 Å². The molecule has 3 aromatic rings. The van der Waals surface area contributed by atoms with Crippen LogP contribution in [0.1, 0.15) is 68.3 Å². The molecule has 1 aliphatic rings. The lowest BCUT2D eigenvalue weighted by atomic mass is 9.81. The number of carbonyl (C=O) groups is 1. The van der Waals surface area contributed by atoms with Crippen LogP contribution in [-0.4, -0.2) is 39.5 Å². The van der Waals surface area contributed by atoms with Crippen LogP contribution in [0.4, 0.5) is 0 Å². The highest BCUT2D eigenvalue weighted by atomic mass is 16.1. The van der Waals surface area contributed by atoms with Gasteiger partial charge in [0.15, 0.2) is 5.82 Å². The molecular formula is C26H33N5O. The van der Waals surface area contributed by atoms with Crippen LogP contribution in [0, 0.1) is 5.92 Å². The fourth-order valence-electron chi connectivity index (χ4n) is 4.93. The maximum Gasteiger partial charge on any atom is 0.178 e. The molecular weight excluding hydrogens is 398 g/mol. The molecule has 2 N–H and O–H groups in total. The first-order valence-corrected chi connectivity index (χ1v) is 11.8. The second-order valence-electron chi connectivity index (χ2n) is 8.95. The van der Waals surface area contributed by atoms with Gasteiger partial charge in [0.05, 0.1) is 0 Å². The van der Waals surface area contributed by atoms with Crippen molar-refractivity contribution in [2.45, 2.75) is 57.8 Å². The van der Waals surface area contributed by atoms with Crippen molar-refractivity contribution in [3.63, 3.8) is 0 Å². The number of rotatable bonds is 9. The van der Waals surface area contributed by atoms with Gasteiger partial charge in [-0.1, -0.05) is 67.1 Å². The van der Waals surface area contributed by atoms with E-state index in [9.17, 15) is 4.79 Å². The molecule has 0 amide bonds. The number of aromatic nitrogens is 4. The number of tetrazole rings is 1. The molecule has 1 unspecified atom stereocenters. The van der Waals surface area contributed by atoms with E-state index in [4.69, 9.17) is 0 Å². The van der Waals surface area contributed by atoms with Gasteiger partial charge >= 0.3 is 0 Å². The molecule has 0 saturated carbocycles. The average molecular weight is 432 g/mol. The number of hydrogen-bond acceptors (Lipinski definition) is 5. The molecule has 168 valence electrons. The second-order valence-corrected chi connectivity index (χ2v) is 8.95. The Labute approximate surface area is 190 Å². The average Bonchev–Trinajstić information content (AvgIpc) is 3.37. The molecule has 6 nitrogen and oxygen atoms in total. The van der Waals surface area contributed by atoms with Gasteiger partial charge in [0.1, 0.15) is 5.78 Å². The first-order chi connectivity index (χ1) is 15.7. The van der Waals surface area contributed by atoms with Gasteiger partial charge in [-0.05, 0) is 67.3 Å². The standard InChI is InChI=1S/C26H33N5O/c1-3-6-24(18(2)32)25(26-28-30-31-29-26)15-19-10-12-20(13-11-19)21-7-4-8-22(16-21)23-9-5-14-27-17-23/h4,7-8,10-13,16,23-25,27H,3,5-6,9,14-15,17H2,1-2H3,(H,28,29,30,31)/t23?,24-,25+/m1/s1. The fourth-order valence-corrected chi connectivity index (χ4v) is 4.93. The number of carbonyl (C=O) groups excluding carboxylic acids is 1. The van der Waals surface area contributed by atoms with Gasteiger partial charge in [0, 0.05) is 18.4 Å². The summed E-state index contributed by atoms with van der Waals surface area (Å²) >= 11 is 0. The predicted molar refractivity (Wildman–Crippen MR) is 126 cm³/mol. The molecule has 0 aliphatic carbocycles. The Kier molecular flexibility index (Phi) is 7.43. The SMILES string of the molecule is CCC[C@H](C(C)=O)[C@H](Cc1ccc(-c2cccc(C3CCCNC3)c2)cc1)c1nn[nH]n1. The summed E-state index contributed by atoms with van der Waals surface area (Å²) < 4.78 is 0. The summed E-state index contributed by atoms with van der Waals surface area (Å²) in [4.78, 5) is 12.4. The summed E-state index contributed by atoms with van der Waals surface area (Å²) in [5.41, 5.74) is 5.06. The van der Waals surface area contributed by atoms with E-state index in [-0.39, 0.29) is 17.6 Å². The van der Waals surface area contributed by atoms with Gasteiger partial charge in [0.2, 0.25) is 0 Å². The first kappa shape index (κ1) is 22.3. The minimum absolute atomic E-state index is 0.0702. The van der Waals surface area contributed by atoms with Crippen LogP contribution in [0.15, 0.2) is 48.5 Å². The highest BCUT2D eigenvalue weighted by Crippen LogP contribution is 2.32. The molecule has 0 bridgehead atoms. The minimum atomic E-state index is -0.0990. The van der Waals surface area contributed by atoms with Crippen molar-refractivity contribution in [1.29, 1.82) is 0 Å². The molecule has 6 heteroatoms. The van der Waals surface area contributed by atoms with Crippen molar-refractivity contribution in [3.05, 3.63) is 65.5 Å². The summed E-state index contributed by atoms with van der Waals surface area (Å²) in [6.45, 7) is 5.97. The van der Waals surface area contributed by atoms with Crippen molar-refractivity contribution in [2.24, 2.45) is 5.92 Å². The lowest BCUT2D eigenvalue weighted by Crippen LogP contribution is -2.28. The molecule has 4 rings (SSSR count). The van der Waals surface area contributed by atoms with Crippen LogP contribution >= 0.6 is 0 Å². The molecule has 2 aromatic carbocycles. The van der Waals surface area contributed by atoms with Gasteiger partial charge in [0.25, 0.3) is 0 Å². The summed E-state index contributed by atoms with van der Waals surface area (Å²) in [5, 5.41) is 18.2. The summed E-state index contributed by atoms with van der Waals surface area (Å²) in [7, 11) is 0. The van der Waals surface area contributed by atoms with Crippen LogP contribution in [0.3, 0.4) is 0 Å². The number of aromatic amines is 1. The summed E-state index contributed by atoms with van der Waals surface area (Å²) in [6.07, 6.45) is 4.99. The van der Waals surface area contributed by atoms with Crippen LogP contribution in [0.25, 0.3) is 11.1 Å². The quantitative estimate of drug-likeness (QED) is 0.515. The Hall–Kier alpha value is -2.86. The van der Waals surface area contributed by atoms with E-state index in [1.54, 1.807) is 6.92 Å². The number of ketones is 1. The smallest absolute Gasteiger partial charge is 0.178 e. The summed E-state index contributed by atoms with van der Waals surface area (Å²) in [6, 6.07) is 17.6. The topological polar surface area (TPSA) is 83.6 Å². The maximum absolute atomic E-state index is 12.4. The van der Waals surface area contributed by atoms with E-state index in [2.05, 4.69) is 81.4 Å². The van der Waals surface area contributed by atoms with E-state index in [0.29, 0.717) is 11.7 Å². The fraction of sp³-hybridized carbons (Fsp3) is 0.462. The third kappa shape index (κ3) is 5.30. The summed E-state index contributed by atoms with van der Waals surface area (Å²) in [5.74, 6) is 1.24. The molecule has 0 spiro atoms. The van der Waals surface area contributed by atoms with E-state index in [1.807, 2.05) is 0 Å². The first-order valence-electron chi connectivity index (χ1n) is 11.8. The third-order valence-corrected chi connectivity index (χ3v) is 6.70. The zero-order valence-electron chi connectivity index (χ0n) is 19.1. The number of nitrogens with zero attached hydrogens (tertiary/aromatic N) is 3. The molecule has 0 radical (unpaired) electrons. The largest absolute Gasteiger partial charge is 0.316 e. The molecule has 1 fully saturated rings. The number of hydrogen-bond donors (Lipinski definition) is 2. The monoisotopic (exact) mass is 431 g/mol. The molecule has 3 atom stereocenters. The van der Waals surface area contributed by atoms with Crippen molar-refractivity contribution >= 4 is 5.78 Å². The molecule has 1 saturated heterocycles. The van der Waals surface area contributed by atoms with Gasteiger partial charge in [-0.15, -0.1) is 10.2 Å². The number of nitrogens with one attached hydrogen (secondary N) is 2. The third-order valence-electron chi connectivity index (χ3n) is 6.70.